The molecule has 0 saturated heterocycles. The van der Waals surface area contributed by atoms with Crippen LogP contribution in [0.1, 0.15) is 26.3 Å². The van der Waals surface area contributed by atoms with E-state index in [0.29, 0.717) is 16.0 Å². The molecular weight excluding hydrogens is 392 g/mol. The van der Waals surface area contributed by atoms with Crippen LogP contribution >= 0.6 is 11.3 Å². The van der Waals surface area contributed by atoms with E-state index in [-0.39, 0.29) is 11.3 Å². The number of fused-ring (bicyclic) bond motifs is 3. The van der Waals surface area contributed by atoms with Gasteiger partial charge in [-0.1, -0.05) is 78.9 Å². The summed E-state index contributed by atoms with van der Waals surface area (Å²) in [6, 6.07) is 25.3. The van der Waals surface area contributed by atoms with Crippen molar-refractivity contribution >= 4 is 44.6 Å². The number of ketones is 1. The van der Waals surface area contributed by atoms with Crippen molar-refractivity contribution in [3.8, 4) is 20.9 Å². The monoisotopic (exact) mass is 406 g/mol. The van der Waals surface area contributed by atoms with Crippen LogP contribution in [0.4, 0.5) is 0 Å². The third kappa shape index (κ3) is 2.19. The van der Waals surface area contributed by atoms with Gasteiger partial charge in [0, 0.05) is 27.0 Å². The number of rotatable bonds is 2. The Morgan fingerprint density at radius 1 is 0.700 bits per heavy atom. The summed E-state index contributed by atoms with van der Waals surface area (Å²) in [5.41, 5.74) is 2.75. The zero-order valence-electron chi connectivity index (χ0n) is 15.7. The normalized spacial score (nSPS) is 12.3. The highest BCUT2D eigenvalue weighted by Crippen LogP contribution is 2.49. The van der Waals surface area contributed by atoms with Crippen molar-refractivity contribution in [1.29, 1.82) is 0 Å². The number of hydrogen-bond acceptors (Lipinski definition) is 3. The van der Waals surface area contributed by atoms with Crippen molar-refractivity contribution in [2.45, 2.75) is 0 Å². The summed E-state index contributed by atoms with van der Waals surface area (Å²) < 4.78 is 0. The molecule has 142 valence electrons. The first-order chi connectivity index (χ1) is 14.6. The Kier molecular flexibility index (Phi) is 3.49. The average molecular weight is 406 g/mol. The lowest BCUT2D eigenvalue weighted by atomic mass is 9.85. The van der Waals surface area contributed by atoms with Crippen LogP contribution in [0, 0.1) is 0 Å². The zero-order valence-corrected chi connectivity index (χ0v) is 16.5. The van der Waals surface area contributed by atoms with Gasteiger partial charge in [-0.05, 0) is 16.2 Å². The minimum atomic E-state index is -1.07. The summed E-state index contributed by atoms with van der Waals surface area (Å²) in [5.74, 6) is -1.29. The molecule has 0 fully saturated rings. The van der Waals surface area contributed by atoms with Crippen LogP contribution in [0.25, 0.3) is 42.4 Å². The molecule has 1 N–H and O–H groups in total. The van der Waals surface area contributed by atoms with Gasteiger partial charge in [-0.3, -0.25) is 4.79 Å². The van der Waals surface area contributed by atoms with Crippen molar-refractivity contribution in [3.05, 3.63) is 95.6 Å². The molecule has 1 aromatic heterocycles. The first-order valence-electron chi connectivity index (χ1n) is 9.60. The average Bonchev–Trinajstić information content (AvgIpc) is 3.18. The van der Waals surface area contributed by atoms with Crippen LogP contribution in [0.5, 0.6) is 0 Å². The van der Waals surface area contributed by atoms with E-state index in [0.717, 1.165) is 37.5 Å². The van der Waals surface area contributed by atoms with E-state index in [1.807, 2.05) is 72.8 Å². The van der Waals surface area contributed by atoms with Crippen LogP contribution < -0.4 is 0 Å². The first kappa shape index (κ1) is 17.1. The molecule has 1 heterocycles. The van der Waals surface area contributed by atoms with Crippen molar-refractivity contribution in [2.75, 3.05) is 0 Å². The third-order valence-electron chi connectivity index (χ3n) is 5.78. The molecule has 6 rings (SSSR count). The second-order valence-corrected chi connectivity index (χ2v) is 8.40. The predicted octanol–water partition coefficient (Wildman–Crippen LogP) is 6.63. The van der Waals surface area contributed by atoms with Gasteiger partial charge in [0.25, 0.3) is 0 Å². The molecule has 0 spiro atoms. The second kappa shape index (κ2) is 6.12. The molecule has 4 aromatic carbocycles. The maximum absolute atomic E-state index is 13.5. The van der Waals surface area contributed by atoms with E-state index in [4.69, 9.17) is 0 Å². The second-order valence-electron chi connectivity index (χ2n) is 7.38. The lowest BCUT2D eigenvalue weighted by molar-refractivity contribution is 0.0694. The van der Waals surface area contributed by atoms with Crippen LogP contribution in [-0.2, 0) is 0 Å². The Balaban J connectivity index is 1.76. The quantitative estimate of drug-likeness (QED) is 0.351. The largest absolute Gasteiger partial charge is 0.478 e. The maximum Gasteiger partial charge on any atom is 0.337 e. The van der Waals surface area contributed by atoms with Crippen LogP contribution in [0.2, 0.25) is 0 Å². The van der Waals surface area contributed by atoms with Gasteiger partial charge >= 0.3 is 5.97 Å². The van der Waals surface area contributed by atoms with Crippen molar-refractivity contribution < 1.29 is 14.7 Å². The topological polar surface area (TPSA) is 54.4 Å². The highest BCUT2D eigenvalue weighted by atomic mass is 32.1. The molecule has 0 unspecified atom stereocenters. The Bertz CT molecular complexity index is 1530. The summed E-state index contributed by atoms with van der Waals surface area (Å²) in [7, 11) is 0. The molecule has 0 bridgehead atoms. The van der Waals surface area contributed by atoms with Crippen LogP contribution in [-0.4, -0.2) is 16.9 Å². The van der Waals surface area contributed by atoms with E-state index in [1.54, 1.807) is 6.07 Å². The highest BCUT2D eigenvalue weighted by Gasteiger charge is 2.34. The minimum absolute atomic E-state index is 0.0999. The molecule has 4 heteroatoms. The summed E-state index contributed by atoms with van der Waals surface area (Å²) in [5, 5.41) is 14.1. The Morgan fingerprint density at radius 2 is 1.33 bits per heavy atom. The molecule has 5 aromatic rings. The summed E-state index contributed by atoms with van der Waals surface area (Å²) in [4.78, 5) is 27.3. The van der Waals surface area contributed by atoms with E-state index < -0.39 is 5.97 Å². The molecule has 0 radical (unpaired) electrons. The molecule has 30 heavy (non-hydrogen) atoms. The smallest absolute Gasteiger partial charge is 0.337 e. The van der Waals surface area contributed by atoms with Gasteiger partial charge in [0.2, 0.25) is 0 Å². The van der Waals surface area contributed by atoms with Crippen molar-refractivity contribution in [1.82, 2.24) is 0 Å². The number of carbonyl (C=O) groups excluding carboxylic acids is 1. The SMILES string of the molecule is O=C(O)c1c(-c2cccc3ccccc23)sc2c1C(=O)c1cccc3cccc-2c13. The van der Waals surface area contributed by atoms with E-state index in [1.165, 1.54) is 11.3 Å². The van der Waals surface area contributed by atoms with Gasteiger partial charge in [-0.2, -0.15) is 0 Å². The predicted molar refractivity (Wildman–Crippen MR) is 121 cm³/mol. The number of carbonyl (C=O) groups is 2. The van der Waals surface area contributed by atoms with Crippen LogP contribution in [0.15, 0.2) is 78.9 Å². The first-order valence-corrected chi connectivity index (χ1v) is 10.4. The fourth-order valence-electron chi connectivity index (χ4n) is 4.51. The third-order valence-corrected chi connectivity index (χ3v) is 7.03. The molecule has 3 nitrogen and oxygen atoms in total. The number of carboxylic acids is 1. The van der Waals surface area contributed by atoms with Gasteiger partial charge in [0.05, 0.1) is 16.0 Å². The number of aromatic carboxylic acids is 1. The molecule has 0 atom stereocenters. The molecule has 0 saturated carbocycles. The van der Waals surface area contributed by atoms with Gasteiger partial charge in [-0.25, -0.2) is 4.79 Å². The highest BCUT2D eigenvalue weighted by molar-refractivity contribution is 7.20. The molecule has 1 aliphatic rings. The van der Waals surface area contributed by atoms with Gasteiger partial charge in [-0.15, -0.1) is 11.3 Å². The number of carboxylic acid groups (broad SMARTS) is 1. The summed E-state index contributed by atoms with van der Waals surface area (Å²) >= 11 is 1.40. The summed E-state index contributed by atoms with van der Waals surface area (Å²) in [6.07, 6.45) is 0. The molecular formula is C26H14O3S. The van der Waals surface area contributed by atoms with Crippen LogP contribution in [0.3, 0.4) is 0 Å². The maximum atomic E-state index is 13.5. The lowest BCUT2D eigenvalue weighted by Gasteiger charge is -2.17. The molecule has 1 aliphatic carbocycles. The van der Waals surface area contributed by atoms with Gasteiger partial charge in [0.1, 0.15) is 0 Å². The Labute approximate surface area is 175 Å². The Hall–Kier alpha value is -3.76. The minimum Gasteiger partial charge on any atom is -0.478 e. The van der Waals surface area contributed by atoms with E-state index in [9.17, 15) is 14.7 Å². The standard InChI is InChI=1S/C26H14O3S/c27-23-18-12-4-8-15-9-5-13-19(20(15)18)25-21(23)22(26(28)29)24(30-25)17-11-3-7-14-6-1-2-10-16(14)17/h1-13H,(H,28,29). The molecule has 0 aliphatic heterocycles. The fraction of sp³-hybridized carbons (Fsp3) is 0. The van der Waals surface area contributed by atoms with Gasteiger partial charge < -0.3 is 5.11 Å². The van der Waals surface area contributed by atoms with Gasteiger partial charge in [0.15, 0.2) is 5.78 Å². The van der Waals surface area contributed by atoms with E-state index in [2.05, 4.69) is 0 Å². The van der Waals surface area contributed by atoms with E-state index >= 15 is 0 Å². The fourth-order valence-corrected chi connectivity index (χ4v) is 5.87. The summed E-state index contributed by atoms with van der Waals surface area (Å²) in [6.45, 7) is 0. The van der Waals surface area contributed by atoms with Crippen molar-refractivity contribution in [3.63, 3.8) is 0 Å². The Morgan fingerprint density at radius 3 is 2.10 bits per heavy atom. The number of hydrogen-bond donors (Lipinski definition) is 1. The van der Waals surface area contributed by atoms with Crippen molar-refractivity contribution in [2.24, 2.45) is 0 Å². The number of benzene rings is 4. The zero-order chi connectivity index (χ0) is 20.4. The number of thiophene rings is 1. The molecule has 0 amide bonds. The lowest BCUT2D eigenvalue weighted by Crippen LogP contribution is -2.13.